The molecule has 1 aliphatic rings. The van der Waals surface area contributed by atoms with Gasteiger partial charge in [-0.3, -0.25) is 0 Å². The van der Waals surface area contributed by atoms with Crippen LogP contribution >= 0.6 is 0 Å². The molecule has 2 nitrogen and oxygen atoms in total. The Morgan fingerprint density at radius 3 is 2.59 bits per heavy atom. The molecule has 17 heavy (non-hydrogen) atoms. The molecule has 0 aromatic heterocycles. The Balaban J connectivity index is 1.93. The van der Waals surface area contributed by atoms with Crippen molar-refractivity contribution in [1.82, 2.24) is 5.32 Å². The molecule has 1 aromatic rings. The zero-order chi connectivity index (χ0) is 12.3. The van der Waals surface area contributed by atoms with E-state index in [0.29, 0.717) is 5.92 Å². The Hall–Kier alpha value is -1.09. The second kappa shape index (κ2) is 5.05. The highest BCUT2D eigenvalue weighted by Crippen LogP contribution is 2.24. The number of hydrogen-bond acceptors (Lipinski definition) is 2. The first-order valence-electron chi connectivity index (χ1n) is 6.17. The van der Waals surface area contributed by atoms with Gasteiger partial charge >= 0.3 is 0 Å². The summed E-state index contributed by atoms with van der Waals surface area (Å²) in [4.78, 5) is 0. The maximum atomic E-state index is 13.3. The van der Waals surface area contributed by atoms with E-state index in [1.165, 1.54) is 25.8 Å². The van der Waals surface area contributed by atoms with Crippen LogP contribution in [0.15, 0.2) is 24.3 Å². The molecule has 1 saturated heterocycles. The summed E-state index contributed by atoms with van der Waals surface area (Å²) < 4.78 is 18.7. The van der Waals surface area contributed by atoms with Gasteiger partial charge in [-0.2, -0.15) is 0 Å². The highest BCUT2D eigenvalue weighted by atomic mass is 19.1. The number of ether oxygens (including phenoxy) is 1. The lowest BCUT2D eigenvalue weighted by atomic mass is 9.98. The Morgan fingerprint density at radius 1 is 1.35 bits per heavy atom. The number of rotatable bonds is 4. The van der Waals surface area contributed by atoms with Crippen LogP contribution in [-0.4, -0.2) is 25.4 Å². The lowest BCUT2D eigenvalue weighted by molar-refractivity contribution is 0.121. The van der Waals surface area contributed by atoms with Gasteiger partial charge in [-0.15, -0.1) is 0 Å². The van der Waals surface area contributed by atoms with Crippen molar-refractivity contribution in [3.8, 4) is 5.75 Å². The van der Waals surface area contributed by atoms with Crippen molar-refractivity contribution in [2.24, 2.45) is 0 Å². The van der Waals surface area contributed by atoms with Crippen molar-refractivity contribution in [3.05, 3.63) is 29.8 Å². The van der Waals surface area contributed by atoms with Gasteiger partial charge in [0.05, 0.1) is 0 Å². The second-order valence-corrected chi connectivity index (χ2v) is 5.27. The molecule has 1 atom stereocenters. The number of alkyl halides is 1. The number of halogens is 1. The first kappa shape index (κ1) is 12.4. The third-order valence-corrected chi connectivity index (χ3v) is 2.99. The maximum Gasteiger partial charge on any atom is 0.139 e. The quantitative estimate of drug-likeness (QED) is 0.869. The fourth-order valence-corrected chi connectivity index (χ4v) is 2.03. The smallest absolute Gasteiger partial charge is 0.139 e. The summed E-state index contributed by atoms with van der Waals surface area (Å²) in [5, 5.41) is 3.35. The van der Waals surface area contributed by atoms with Gasteiger partial charge in [0.1, 0.15) is 18.0 Å². The van der Waals surface area contributed by atoms with Crippen molar-refractivity contribution in [3.63, 3.8) is 0 Å². The first-order chi connectivity index (χ1) is 8.04. The molecule has 1 N–H and O–H groups in total. The molecule has 1 unspecified atom stereocenters. The molecular weight excluding hydrogens is 217 g/mol. The van der Waals surface area contributed by atoms with E-state index in [4.69, 9.17) is 4.74 Å². The zero-order valence-electron chi connectivity index (χ0n) is 10.5. The van der Waals surface area contributed by atoms with Gasteiger partial charge in [0.25, 0.3) is 0 Å². The lowest BCUT2D eigenvalue weighted by Gasteiger charge is -2.16. The molecule has 0 spiro atoms. The van der Waals surface area contributed by atoms with Crippen LogP contribution < -0.4 is 10.1 Å². The SMILES string of the molecule is CC(C)(F)COc1ccc(C2CCNC2)cc1. The van der Waals surface area contributed by atoms with E-state index in [2.05, 4.69) is 17.4 Å². The maximum absolute atomic E-state index is 13.3. The predicted octanol–water partition coefficient (Wildman–Crippen LogP) is 2.89. The molecule has 0 bridgehead atoms. The van der Waals surface area contributed by atoms with Gasteiger partial charge < -0.3 is 10.1 Å². The first-order valence-corrected chi connectivity index (χ1v) is 6.17. The Bertz CT molecular complexity index is 349. The molecule has 1 aromatic carbocycles. The molecule has 2 rings (SSSR count). The van der Waals surface area contributed by atoms with Gasteiger partial charge in [0.15, 0.2) is 0 Å². The third-order valence-electron chi connectivity index (χ3n) is 2.99. The van der Waals surface area contributed by atoms with Crippen molar-refractivity contribution < 1.29 is 9.13 Å². The highest BCUT2D eigenvalue weighted by Gasteiger charge is 2.18. The standard InChI is InChI=1S/C14H20FNO/c1-14(2,15)10-17-13-5-3-11(4-6-13)12-7-8-16-9-12/h3-6,12,16H,7-10H2,1-2H3. The molecule has 3 heteroatoms. The minimum atomic E-state index is -1.28. The fraction of sp³-hybridized carbons (Fsp3) is 0.571. The van der Waals surface area contributed by atoms with E-state index in [1.54, 1.807) is 0 Å². The van der Waals surface area contributed by atoms with Crippen molar-refractivity contribution in [1.29, 1.82) is 0 Å². The summed E-state index contributed by atoms with van der Waals surface area (Å²) in [5.74, 6) is 1.35. The average molecular weight is 237 g/mol. The summed E-state index contributed by atoms with van der Waals surface area (Å²) in [7, 11) is 0. The van der Waals surface area contributed by atoms with Crippen LogP contribution in [0.5, 0.6) is 5.75 Å². The number of nitrogens with one attached hydrogen (secondary N) is 1. The van der Waals surface area contributed by atoms with Crippen molar-refractivity contribution in [2.45, 2.75) is 31.9 Å². The van der Waals surface area contributed by atoms with Gasteiger partial charge in [0.2, 0.25) is 0 Å². The fourth-order valence-electron chi connectivity index (χ4n) is 2.03. The van der Waals surface area contributed by atoms with Crippen molar-refractivity contribution >= 4 is 0 Å². The van der Waals surface area contributed by atoms with Gasteiger partial charge in [0, 0.05) is 6.54 Å². The number of hydrogen-bond donors (Lipinski definition) is 1. The summed E-state index contributed by atoms with van der Waals surface area (Å²) >= 11 is 0. The Morgan fingerprint density at radius 2 is 2.06 bits per heavy atom. The zero-order valence-corrected chi connectivity index (χ0v) is 10.5. The van der Waals surface area contributed by atoms with E-state index in [0.717, 1.165) is 18.8 Å². The largest absolute Gasteiger partial charge is 0.490 e. The molecule has 94 valence electrons. The van der Waals surface area contributed by atoms with E-state index in [-0.39, 0.29) is 6.61 Å². The van der Waals surface area contributed by atoms with Gasteiger partial charge in [-0.25, -0.2) is 4.39 Å². The van der Waals surface area contributed by atoms with Crippen LogP contribution in [0.25, 0.3) is 0 Å². The summed E-state index contributed by atoms with van der Waals surface area (Å²) in [6.07, 6.45) is 1.19. The normalized spacial score (nSPS) is 20.5. The van der Waals surface area contributed by atoms with Gasteiger partial charge in [-0.1, -0.05) is 12.1 Å². The Kier molecular flexibility index (Phi) is 3.67. The van der Waals surface area contributed by atoms with Crippen LogP contribution in [0, 0.1) is 0 Å². The van der Waals surface area contributed by atoms with Crippen LogP contribution in [0.2, 0.25) is 0 Å². The van der Waals surface area contributed by atoms with Gasteiger partial charge in [-0.05, 0) is 50.4 Å². The van der Waals surface area contributed by atoms with Crippen LogP contribution in [-0.2, 0) is 0 Å². The third kappa shape index (κ3) is 3.70. The van der Waals surface area contributed by atoms with Crippen LogP contribution in [0.4, 0.5) is 4.39 Å². The molecular formula is C14H20FNO. The molecule has 1 fully saturated rings. The molecule has 0 radical (unpaired) electrons. The molecule has 0 aliphatic carbocycles. The highest BCUT2D eigenvalue weighted by molar-refractivity contribution is 5.30. The van der Waals surface area contributed by atoms with E-state index in [9.17, 15) is 4.39 Å². The lowest BCUT2D eigenvalue weighted by Crippen LogP contribution is -2.22. The van der Waals surface area contributed by atoms with E-state index < -0.39 is 5.67 Å². The topological polar surface area (TPSA) is 21.3 Å². The molecule has 0 saturated carbocycles. The minimum absolute atomic E-state index is 0.0946. The minimum Gasteiger partial charge on any atom is -0.490 e. The van der Waals surface area contributed by atoms with E-state index in [1.807, 2.05) is 12.1 Å². The van der Waals surface area contributed by atoms with Crippen LogP contribution in [0.3, 0.4) is 0 Å². The van der Waals surface area contributed by atoms with Crippen LogP contribution in [0.1, 0.15) is 31.7 Å². The molecule has 1 heterocycles. The second-order valence-electron chi connectivity index (χ2n) is 5.27. The summed E-state index contributed by atoms with van der Waals surface area (Å²) in [5.41, 5.74) is 0.0514. The average Bonchev–Trinajstić information content (AvgIpc) is 2.79. The number of benzene rings is 1. The predicted molar refractivity (Wildman–Crippen MR) is 67.4 cm³/mol. The summed E-state index contributed by atoms with van der Waals surface area (Å²) in [6.45, 7) is 5.28. The van der Waals surface area contributed by atoms with Crippen molar-refractivity contribution in [2.75, 3.05) is 19.7 Å². The molecule has 0 amide bonds. The Labute approximate surface area is 102 Å². The molecule has 1 aliphatic heterocycles. The monoisotopic (exact) mass is 237 g/mol. The van der Waals surface area contributed by atoms with E-state index >= 15 is 0 Å². The summed E-state index contributed by atoms with van der Waals surface area (Å²) in [6, 6.07) is 8.02.